The smallest absolute Gasteiger partial charge is 0.0327 e. The summed E-state index contributed by atoms with van der Waals surface area (Å²) in [5.74, 6) is 0. The van der Waals surface area contributed by atoms with Crippen LogP contribution in [0.4, 0.5) is 0 Å². The summed E-state index contributed by atoms with van der Waals surface area (Å²) in [6.45, 7) is 0.428. The van der Waals surface area contributed by atoms with E-state index in [1.54, 1.807) is 11.3 Å². The molecule has 0 aromatic carbocycles. The highest BCUT2D eigenvalue weighted by atomic mass is 32.1. The van der Waals surface area contributed by atoms with Gasteiger partial charge in [0.2, 0.25) is 0 Å². The van der Waals surface area contributed by atoms with Crippen molar-refractivity contribution in [1.29, 1.82) is 0 Å². The number of nitrogens with two attached hydrogens (primary N) is 2. The molecule has 3 heteroatoms. The van der Waals surface area contributed by atoms with E-state index in [1.165, 1.54) is 0 Å². The van der Waals surface area contributed by atoms with Gasteiger partial charge in [0.15, 0.2) is 0 Å². The average Bonchev–Trinajstić information content (AvgIpc) is 2.40. The first-order valence-corrected chi connectivity index (χ1v) is 3.90. The van der Waals surface area contributed by atoms with Crippen LogP contribution in [0, 0.1) is 0 Å². The molecular formula is C7H10N2S. The zero-order valence-corrected chi connectivity index (χ0v) is 6.40. The van der Waals surface area contributed by atoms with E-state index in [-0.39, 0.29) is 0 Å². The third kappa shape index (κ3) is 1.86. The molecular weight excluding hydrogens is 144 g/mol. The molecule has 1 heterocycles. The van der Waals surface area contributed by atoms with Gasteiger partial charge in [0.05, 0.1) is 0 Å². The lowest BCUT2D eigenvalue weighted by atomic mass is 10.3. The SMILES string of the molecule is NCC(N)=Cc1cccs1. The molecule has 4 N–H and O–H groups in total. The predicted octanol–water partition coefficient (Wildman–Crippen LogP) is 1.01. The van der Waals surface area contributed by atoms with Crippen molar-refractivity contribution >= 4 is 17.4 Å². The Balaban J connectivity index is 2.71. The fourth-order valence-corrected chi connectivity index (χ4v) is 1.31. The molecule has 0 bridgehead atoms. The van der Waals surface area contributed by atoms with Gasteiger partial charge in [-0.1, -0.05) is 6.07 Å². The number of hydrogen-bond donors (Lipinski definition) is 2. The van der Waals surface area contributed by atoms with Gasteiger partial charge >= 0.3 is 0 Å². The lowest BCUT2D eigenvalue weighted by Crippen LogP contribution is -2.10. The summed E-state index contributed by atoms with van der Waals surface area (Å²) in [6.07, 6.45) is 1.89. The maximum atomic E-state index is 5.51. The lowest BCUT2D eigenvalue weighted by Gasteiger charge is -1.91. The summed E-state index contributed by atoms with van der Waals surface area (Å²) in [6, 6.07) is 3.99. The van der Waals surface area contributed by atoms with E-state index in [2.05, 4.69) is 0 Å². The van der Waals surface area contributed by atoms with Crippen LogP contribution < -0.4 is 11.5 Å². The summed E-state index contributed by atoms with van der Waals surface area (Å²) < 4.78 is 0. The van der Waals surface area contributed by atoms with Crippen LogP contribution in [0.25, 0.3) is 6.08 Å². The molecule has 0 aliphatic heterocycles. The van der Waals surface area contributed by atoms with Crippen LogP contribution >= 0.6 is 11.3 Å². The fourth-order valence-electron chi connectivity index (χ4n) is 0.615. The fraction of sp³-hybridized carbons (Fsp3) is 0.143. The highest BCUT2D eigenvalue weighted by Crippen LogP contribution is 2.10. The highest BCUT2D eigenvalue weighted by molar-refractivity contribution is 7.10. The quantitative estimate of drug-likeness (QED) is 0.668. The van der Waals surface area contributed by atoms with Crippen molar-refractivity contribution < 1.29 is 0 Å². The molecule has 0 saturated carbocycles. The summed E-state index contributed by atoms with van der Waals surface area (Å²) in [7, 11) is 0. The van der Waals surface area contributed by atoms with Crippen LogP contribution in [0.15, 0.2) is 23.2 Å². The standard InChI is InChI=1S/C7H10N2S/c8-5-6(9)4-7-2-1-3-10-7/h1-4H,5,8-9H2. The zero-order valence-electron chi connectivity index (χ0n) is 5.58. The van der Waals surface area contributed by atoms with Gasteiger partial charge in [-0.15, -0.1) is 11.3 Å². The third-order valence-corrected chi connectivity index (χ3v) is 1.93. The zero-order chi connectivity index (χ0) is 7.40. The van der Waals surface area contributed by atoms with Gasteiger partial charge in [0, 0.05) is 17.1 Å². The first kappa shape index (κ1) is 7.31. The second-order valence-corrected chi connectivity index (χ2v) is 2.92. The molecule has 1 aromatic heterocycles. The van der Waals surface area contributed by atoms with Crippen LogP contribution in [0.5, 0.6) is 0 Å². The monoisotopic (exact) mass is 154 g/mol. The molecule has 0 amide bonds. The van der Waals surface area contributed by atoms with Crippen molar-refractivity contribution in [2.45, 2.75) is 0 Å². The maximum absolute atomic E-state index is 5.51. The van der Waals surface area contributed by atoms with E-state index in [0.29, 0.717) is 6.54 Å². The predicted molar refractivity (Wildman–Crippen MR) is 45.5 cm³/mol. The Morgan fingerprint density at radius 1 is 1.70 bits per heavy atom. The summed E-state index contributed by atoms with van der Waals surface area (Å²) >= 11 is 1.65. The molecule has 0 radical (unpaired) electrons. The minimum Gasteiger partial charge on any atom is -0.401 e. The number of thiophene rings is 1. The molecule has 0 unspecified atom stereocenters. The highest BCUT2D eigenvalue weighted by Gasteiger charge is 1.88. The van der Waals surface area contributed by atoms with Crippen LogP contribution in [0.2, 0.25) is 0 Å². The van der Waals surface area contributed by atoms with E-state index >= 15 is 0 Å². The van der Waals surface area contributed by atoms with E-state index < -0.39 is 0 Å². The van der Waals surface area contributed by atoms with E-state index in [4.69, 9.17) is 11.5 Å². The van der Waals surface area contributed by atoms with Crippen molar-refractivity contribution in [2.24, 2.45) is 11.5 Å². The van der Waals surface area contributed by atoms with Gasteiger partial charge in [-0.25, -0.2) is 0 Å². The lowest BCUT2D eigenvalue weighted by molar-refractivity contribution is 1.12. The van der Waals surface area contributed by atoms with Crippen LogP contribution in [-0.4, -0.2) is 6.54 Å². The first-order chi connectivity index (χ1) is 4.83. The van der Waals surface area contributed by atoms with E-state index in [9.17, 15) is 0 Å². The average molecular weight is 154 g/mol. The molecule has 0 fully saturated rings. The van der Waals surface area contributed by atoms with E-state index in [0.717, 1.165) is 10.6 Å². The van der Waals surface area contributed by atoms with Gasteiger partial charge in [0.1, 0.15) is 0 Å². The molecule has 0 atom stereocenters. The van der Waals surface area contributed by atoms with Crippen molar-refractivity contribution in [2.75, 3.05) is 6.54 Å². The van der Waals surface area contributed by atoms with Gasteiger partial charge < -0.3 is 11.5 Å². The first-order valence-electron chi connectivity index (χ1n) is 3.02. The Bertz CT molecular complexity index is 214. The van der Waals surface area contributed by atoms with Crippen molar-refractivity contribution in [3.8, 4) is 0 Å². The molecule has 10 heavy (non-hydrogen) atoms. The normalized spacial score (nSPS) is 11.9. The van der Waals surface area contributed by atoms with Crippen molar-refractivity contribution in [3.05, 3.63) is 28.1 Å². The second kappa shape index (κ2) is 3.39. The molecule has 0 spiro atoms. The molecule has 2 nitrogen and oxygen atoms in total. The third-order valence-electron chi connectivity index (χ3n) is 1.11. The summed E-state index contributed by atoms with van der Waals surface area (Å²) in [5, 5.41) is 2.01. The van der Waals surface area contributed by atoms with Gasteiger partial charge in [-0.2, -0.15) is 0 Å². The second-order valence-electron chi connectivity index (χ2n) is 1.94. The maximum Gasteiger partial charge on any atom is 0.0327 e. The largest absolute Gasteiger partial charge is 0.401 e. The molecule has 0 aliphatic rings. The van der Waals surface area contributed by atoms with Gasteiger partial charge in [-0.05, 0) is 17.5 Å². The van der Waals surface area contributed by atoms with E-state index in [1.807, 2.05) is 23.6 Å². The molecule has 1 aromatic rings. The Morgan fingerprint density at radius 2 is 2.50 bits per heavy atom. The Labute approximate surface area is 64.2 Å². The van der Waals surface area contributed by atoms with Crippen LogP contribution in [0.3, 0.4) is 0 Å². The number of rotatable bonds is 2. The Kier molecular flexibility index (Phi) is 2.48. The molecule has 0 saturated heterocycles. The van der Waals surface area contributed by atoms with Crippen molar-refractivity contribution in [1.82, 2.24) is 0 Å². The molecule has 0 aliphatic carbocycles. The number of hydrogen-bond acceptors (Lipinski definition) is 3. The minimum atomic E-state index is 0.428. The van der Waals surface area contributed by atoms with Crippen molar-refractivity contribution in [3.63, 3.8) is 0 Å². The minimum absolute atomic E-state index is 0.428. The van der Waals surface area contributed by atoms with Crippen LogP contribution in [0.1, 0.15) is 4.88 Å². The summed E-state index contributed by atoms with van der Waals surface area (Å²) in [5.41, 5.74) is 11.5. The Morgan fingerprint density at radius 3 is 3.00 bits per heavy atom. The molecule has 1 rings (SSSR count). The van der Waals surface area contributed by atoms with Gasteiger partial charge in [0.25, 0.3) is 0 Å². The Hall–Kier alpha value is -0.800. The topological polar surface area (TPSA) is 52.0 Å². The molecule has 54 valence electrons. The summed E-state index contributed by atoms with van der Waals surface area (Å²) in [4.78, 5) is 1.16. The van der Waals surface area contributed by atoms with Crippen LogP contribution in [-0.2, 0) is 0 Å². The van der Waals surface area contributed by atoms with Gasteiger partial charge in [-0.3, -0.25) is 0 Å².